The predicted molar refractivity (Wildman–Crippen MR) is 145 cm³/mol. The molecule has 2 aromatic carbocycles. The van der Waals surface area contributed by atoms with Gasteiger partial charge >= 0.3 is 6.18 Å². The van der Waals surface area contributed by atoms with Crippen LogP contribution in [0.25, 0.3) is 0 Å². The van der Waals surface area contributed by atoms with Crippen LogP contribution in [0.4, 0.5) is 24.5 Å². The molecule has 0 aliphatic carbocycles. The predicted octanol–water partition coefficient (Wildman–Crippen LogP) is 5.72. The largest absolute Gasteiger partial charge is 0.416 e. The highest BCUT2D eigenvalue weighted by Gasteiger charge is 2.34. The van der Waals surface area contributed by atoms with Gasteiger partial charge in [0.2, 0.25) is 5.91 Å². The fourth-order valence-corrected chi connectivity index (χ4v) is 5.73. The Morgan fingerprint density at radius 2 is 1.94 bits per heavy atom. The molecule has 5 nitrogen and oxygen atoms in total. The van der Waals surface area contributed by atoms with Crippen molar-refractivity contribution in [1.82, 2.24) is 5.32 Å². The van der Waals surface area contributed by atoms with E-state index in [9.17, 15) is 18.0 Å². The normalized spacial score (nSPS) is 16.8. The molecule has 4 N–H and O–H groups in total. The van der Waals surface area contributed by atoms with Crippen molar-refractivity contribution in [2.75, 3.05) is 42.9 Å². The molecule has 1 unspecified atom stereocenters. The number of anilines is 2. The van der Waals surface area contributed by atoms with Crippen LogP contribution >= 0.6 is 36.6 Å². The second-order valence-corrected chi connectivity index (χ2v) is 10.2. The fourth-order valence-electron chi connectivity index (χ4n) is 4.55. The maximum Gasteiger partial charge on any atom is 0.416 e. The monoisotopic (exact) mass is 564 g/mol. The van der Waals surface area contributed by atoms with Gasteiger partial charge < -0.3 is 21.3 Å². The van der Waals surface area contributed by atoms with Crippen LogP contribution in [-0.2, 0) is 17.4 Å². The highest BCUT2D eigenvalue weighted by Crippen LogP contribution is 2.46. The molecule has 0 spiro atoms. The molecule has 1 atom stereocenters. The van der Waals surface area contributed by atoms with Gasteiger partial charge in [-0.1, -0.05) is 24.8 Å². The number of halogens is 5. The van der Waals surface area contributed by atoms with Gasteiger partial charge in [-0.05, 0) is 54.2 Å². The van der Waals surface area contributed by atoms with Crippen LogP contribution in [0.15, 0.2) is 40.1 Å². The van der Waals surface area contributed by atoms with Gasteiger partial charge in [-0.25, -0.2) is 0 Å². The van der Waals surface area contributed by atoms with Crippen LogP contribution in [0.1, 0.15) is 42.9 Å². The summed E-state index contributed by atoms with van der Waals surface area (Å²) in [6, 6.07) is 8.53. The molecule has 4 rings (SSSR count). The molecule has 36 heavy (non-hydrogen) atoms. The summed E-state index contributed by atoms with van der Waals surface area (Å²) < 4.78 is 41.0. The van der Waals surface area contributed by atoms with Crippen LogP contribution in [0, 0.1) is 5.92 Å². The number of benzene rings is 2. The number of alkyl halides is 3. The van der Waals surface area contributed by atoms with Gasteiger partial charge in [0.25, 0.3) is 0 Å². The van der Waals surface area contributed by atoms with Crippen LogP contribution in [-0.4, -0.2) is 38.6 Å². The Bertz CT molecular complexity index is 1050. The van der Waals surface area contributed by atoms with E-state index >= 15 is 0 Å². The number of hydrogen-bond acceptors (Lipinski definition) is 5. The fraction of sp³-hybridized carbons (Fsp3) is 0.480. The lowest BCUT2D eigenvalue weighted by Gasteiger charge is -2.33. The maximum atomic E-state index is 13.7. The summed E-state index contributed by atoms with van der Waals surface area (Å²) in [4.78, 5) is 16.3. The molecule has 1 saturated heterocycles. The standard InChI is InChI=1S/C25H31F3N4OS.2ClH/c1-16-3-2-10-32(15-16)19-5-4-17-11-20-21(31-24(33)6-8-30-9-7-29)12-18(25(26,27)28)13-23(20)34-22(17)14-19;;/h4-5,12-14,16,30H,2-3,6-11,15,29H2,1H3,(H,31,33);2*1H. The van der Waals surface area contributed by atoms with Gasteiger partial charge in [0, 0.05) is 66.7 Å². The first-order valence-corrected chi connectivity index (χ1v) is 12.6. The van der Waals surface area contributed by atoms with E-state index in [1.54, 1.807) is 0 Å². The Labute approximate surface area is 227 Å². The minimum Gasteiger partial charge on any atom is -0.371 e. The van der Waals surface area contributed by atoms with E-state index in [0.717, 1.165) is 47.3 Å². The molecule has 0 aromatic heterocycles. The number of carbonyl (C=O) groups is 1. The molecule has 0 bridgehead atoms. The lowest BCUT2D eigenvalue weighted by Crippen LogP contribution is -2.34. The molecule has 11 heteroatoms. The van der Waals surface area contributed by atoms with Gasteiger partial charge in [0.15, 0.2) is 0 Å². The molecular formula is C25H33Cl2F3N4OS. The SMILES string of the molecule is CC1CCCN(c2ccc3c(c2)Sc2cc(C(F)(F)F)cc(NC(=O)CCNCCN)c2C3)C1.Cl.Cl. The van der Waals surface area contributed by atoms with Gasteiger partial charge in [-0.2, -0.15) is 13.2 Å². The number of nitrogens with zero attached hydrogens (tertiary/aromatic N) is 1. The lowest BCUT2D eigenvalue weighted by atomic mass is 9.98. The number of piperidine rings is 1. The lowest BCUT2D eigenvalue weighted by molar-refractivity contribution is -0.137. The van der Waals surface area contributed by atoms with Crippen molar-refractivity contribution >= 4 is 53.9 Å². The van der Waals surface area contributed by atoms with Crippen molar-refractivity contribution in [1.29, 1.82) is 0 Å². The van der Waals surface area contributed by atoms with Crippen molar-refractivity contribution in [3.8, 4) is 0 Å². The number of hydrogen-bond donors (Lipinski definition) is 3. The first-order valence-electron chi connectivity index (χ1n) is 11.7. The van der Waals surface area contributed by atoms with Crippen molar-refractivity contribution in [3.05, 3.63) is 47.0 Å². The van der Waals surface area contributed by atoms with Crippen molar-refractivity contribution in [2.24, 2.45) is 11.7 Å². The molecule has 0 saturated carbocycles. The number of nitrogens with two attached hydrogens (primary N) is 1. The van der Waals surface area contributed by atoms with E-state index < -0.39 is 11.7 Å². The summed E-state index contributed by atoms with van der Waals surface area (Å²) in [7, 11) is 0. The summed E-state index contributed by atoms with van der Waals surface area (Å²) in [6.07, 6.45) is -1.49. The second kappa shape index (κ2) is 13.2. The average molecular weight is 566 g/mol. The van der Waals surface area contributed by atoms with E-state index in [0.29, 0.717) is 36.9 Å². The van der Waals surface area contributed by atoms with E-state index in [1.165, 1.54) is 24.2 Å². The topological polar surface area (TPSA) is 70.4 Å². The zero-order chi connectivity index (χ0) is 24.3. The average Bonchev–Trinajstić information content (AvgIpc) is 2.79. The smallest absolute Gasteiger partial charge is 0.371 e. The van der Waals surface area contributed by atoms with Crippen LogP contribution in [0.3, 0.4) is 0 Å². The molecule has 2 aliphatic rings. The molecule has 1 amide bonds. The van der Waals surface area contributed by atoms with Crippen molar-refractivity contribution in [3.63, 3.8) is 0 Å². The number of amides is 1. The van der Waals surface area contributed by atoms with Gasteiger partial charge in [0.05, 0.1) is 5.56 Å². The third-order valence-corrected chi connectivity index (χ3v) is 7.50. The van der Waals surface area contributed by atoms with E-state index in [2.05, 4.69) is 40.7 Å². The summed E-state index contributed by atoms with van der Waals surface area (Å²) in [5.41, 5.74) is 7.82. The summed E-state index contributed by atoms with van der Waals surface area (Å²) in [5.74, 6) is 0.306. The van der Waals surface area contributed by atoms with E-state index in [4.69, 9.17) is 5.73 Å². The summed E-state index contributed by atoms with van der Waals surface area (Å²) in [5, 5.41) is 5.75. The number of fused-ring (bicyclic) bond motifs is 2. The van der Waals surface area contributed by atoms with Gasteiger partial charge in [-0.3, -0.25) is 4.79 Å². The molecule has 2 heterocycles. The molecule has 0 radical (unpaired) electrons. The zero-order valence-corrected chi connectivity index (χ0v) is 22.6. The number of rotatable bonds is 7. The van der Waals surface area contributed by atoms with Crippen molar-refractivity contribution in [2.45, 2.75) is 48.6 Å². The third kappa shape index (κ3) is 7.44. The molecule has 1 fully saturated rings. The third-order valence-electron chi connectivity index (χ3n) is 6.32. The van der Waals surface area contributed by atoms with Crippen molar-refractivity contribution < 1.29 is 18.0 Å². The van der Waals surface area contributed by atoms with Gasteiger partial charge in [0.1, 0.15) is 0 Å². The Hall–Kier alpha value is -1.65. The molecule has 200 valence electrons. The van der Waals surface area contributed by atoms with E-state index in [-0.39, 0.29) is 42.8 Å². The van der Waals surface area contributed by atoms with Crippen LogP contribution in [0.5, 0.6) is 0 Å². The molecule has 2 aromatic rings. The van der Waals surface area contributed by atoms with Gasteiger partial charge in [-0.15, -0.1) is 24.8 Å². The highest BCUT2D eigenvalue weighted by atomic mass is 35.5. The Morgan fingerprint density at radius 1 is 1.17 bits per heavy atom. The zero-order valence-electron chi connectivity index (χ0n) is 20.1. The minimum atomic E-state index is -4.50. The maximum absolute atomic E-state index is 13.7. The Kier molecular flexibility index (Phi) is 11.2. The summed E-state index contributed by atoms with van der Waals surface area (Å²) in [6.45, 7) is 5.70. The molecule has 2 aliphatic heterocycles. The Balaban J connectivity index is 0.00000228. The molecular weight excluding hydrogens is 532 g/mol. The first kappa shape index (κ1) is 30.6. The highest BCUT2D eigenvalue weighted by molar-refractivity contribution is 7.99. The Morgan fingerprint density at radius 3 is 2.64 bits per heavy atom. The van der Waals surface area contributed by atoms with Crippen LogP contribution in [0.2, 0.25) is 0 Å². The number of nitrogens with one attached hydrogen (secondary N) is 2. The summed E-state index contributed by atoms with van der Waals surface area (Å²) >= 11 is 1.35. The minimum absolute atomic E-state index is 0. The number of carbonyl (C=O) groups excluding carboxylic acids is 1. The second-order valence-electron chi connectivity index (χ2n) is 9.10. The quantitative estimate of drug-likeness (QED) is 0.320. The van der Waals surface area contributed by atoms with E-state index in [1.807, 2.05) is 0 Å². The van der Waals surface area contributed by atoms with Crippen LogP contribution < -0.4 is 21.3 Å². The first-order chi connectivity index (χ1) is 16.2.